The number of Topliss-reactive ketones (excluding diaryl/α,β-unsaturated/α-hetero) is 2. The average molecular weight is 857 g/mol. The predicted molar refractivity (Wildman–Crippen MR) is 272 cm³/mol. The number of allylic oxidation sites excluding steroid dienone is 2. The van der Waals surface area contributed by atoms with E-state index in [0.717, 1.165) is 46.9 Å². The van der Waals surface area contributed by atoms with Crippen LogP contribution in [0.15, 0.2) is 231 Å². The van der Waals surface area contributed by atoms with Crippen molar-refractivity contribution in [3.05, 3.63) is 264 Å². The van der Waals surface area contributed by atoms with Gasteiger partial charge < -0.3 is 0 Å². The first-order valence-corrected chi connectivity index (χ1v) is 22.7. The topological polar surface area (TPSA) is 51.2 Å². The number of fused-ring (bicyclic) bond motifs is 3. The Morgan fingerprint density at radius 2 is 0.879 bits per heavy atom. The highest BCUT2D eigenvalue weighted by Crippen LogP contribution is 2.42. The number of benzene rings is 9. The third-order valence-electron chi connectivity index (χ3n) is 11.9. The molecule has 0 heterocycles. The molecule has 1 aliphatic carbocycles. The lowest BCUT2D eigenvalue weighted by Crippen LogP contribution is -2.07. The lowest BCUT2D eigenvalue weighted by molar-refractivity contribution is -0.120. The molecule has 0 N–H and O–H groups in total. The minimum atomic E-state index is -0.0610. The molecule has 0 bridgehead atoms. The molecule has 1 aliphatic rings. The Balaban J connectivity index is 0.000000135. The third kappa shape index (κ3) is 13.3. The molecule has 0 saturated heterocycles. The summed E-state index contributed by atoms with van der Waals surface area (Å²) < 4.78 is 0. The van der Waals surface area contributed by atoms with Crippen molar-refractivity contribution in [1.29, 1.82) is 0 Å². The van der Waals surface area contributed by atoms with Crippen molar-refractivity contribution < 1.29 is 14.4 Å². The van der Waals surface area contributed by atoms with E-state index in [9.17, 15) is 14.4 Å². The molecule has 66 heavy (non-hydrogen) atoms. The van der Waals surface area contributed by atoms with Crippen LogP contribution in [0, 0.1) is 23.7 Å². The molecule has 9 aromatic rings. The fourth-order valence-corrected chi connectivity index (χ4v) is 8.26. The van der Waals surface area contributed by atoms with Gasteiger partial charge in [-0.25, -0.2) is 0 Å². The van der Waals surface area contributed by atoms with Crippen molar-refractivity contribution in [3.8, 4) is 11.8 Å². The molecule has 3 nitrogen and oxygen atoms in total. The van der Waals surface area contributed by atoms with Crippen LogP contribution in [0.1, 0.15) is 39.8 Å². The van der Waals surface area contributed by atoms with Gasteiger partial charge in [-0.05, 0) is 109 Å². The van der Waals surface area contributed by atoms with Gasteiger partial charge in [0.15, 0.2) is 5.78 Å². The first kappa shape index (κ1) is 44.7. The van der Waals surface area contributed by atoms with Gasteiger partial charge in [0.2, 0.25) is 5.78 Å². The summed E-state index contributed by atoms with van der Waals surface area (Å²) in [4.78, 5) is 36.5. The molecule has 1 saturated carbocycles. The standard InChI is InChI=1S/C22H20O.C21H18O.C20H14O/c23-22(21-15-20(21)12-16-6-2-1-3-7-16)14-17-10-11-18-8-4-5-9-19(18)13-17;22-21(12-6-9-17-7-2-1-3-8-17)16-18-13-14-19-10-4-5-11-20(19)15-18;21-20(13-11-16-6-2-1-3-7-16)15-17-10-12-18-8-4-5-9-19(18)14-17/h1-11,13,20-21H,12,14-15H2;1-8,10-15H,9,16H2;1-10,12,14H,15H2/b;12-6+;. The van der Waals surface area contributed by atoms with Crippen molar-refractivity contribution in [2.45, 2.75) is 38.5 Å². The molecule has 3 heteroatoms. The van der Waals surface area contributed by atoms with Crippen molar-refractivity contribution in [3.63, 3.8) is 0 Å². The molecule has 0 spiro atoms. The Bertz CT molecular complexity index is 3160. The Morgan fingerprint density at radius 1 is 0.439 bits per heavy atom. The lowest BCUT2D eigenvalue weighted by Gasteiger charge is -2.04. The smallest absolute Gasteiger partial charge is 0.210 e. The fraction of sp³-hybridized carbons (Fsp3) is 0.127. The summed E-state index contributed by atoms with van der Waals surface area (Å²) in [5.74, 6) is 6.91. The Kier molecular flexibility index (Phi) is 15.3. The summed E-state index contributed by atoms with van der Waals surface area (Å²) in [5, 5.41) is 7.17. The SMILES string of the molecule is O=C(/C=C/Cc1ccccc1)Cc1ccc2ccccc2c1.O=C(C#Cc1ccccc1)Cc1ccc2ccccc2c1.O=C(Cc1ccc2ccccc2c1)C1CC1Cc1ccccc1. The van der Waals surface area contributed by atoms with Gasteiger partial charge >= 0.3 is 0 Å². The van der Waals surface area contributed by atoms with E-state index in [4.69, 9.17) is 0 Å². The van der Waals surface area contributed by atoms with Gasteiger partial charge in [0.25, 0.3) is 0 Å². The second-order valence-electron chi connectivity index (χ2n) is 16.9. The van der Waals surface area contributed by atoms with Gasteiger partial charge in [0.05, 0.1) is 0 Å². The van der Waals surface area contributed by atoms with Gasteiger partial charge in [-0.3, -0.25) is 14.4 Å². The molecular formula is C63H52O3. The minimum Gasteiger partial charge on any atom is -0.299 e. The normalized spacial score (nSPS) is 13.7. The van der Waals surface area contributed by atoms with Crippen LogP contribution < -0.4 is 0 Å². The molecule has 10 rings (SSSR count). The molecule has 9 aromatic carbocycles. The summed E-state index contributed by atoms with van der Waals surface area (Å²) >= 11 is 0. The summed E-state index contributed by atoms with van der Waals surface area (Å²) in [6.45, 7) is 0. The molecular weight excluding hydrogens is 805 g/mol. The number of ketones is 3. The van der Waals surface area contributed by atoms with E-state index in [2.05, 4.69) is 121 Å². The Morgan fingerprint density at radius 3 is 1.41 bits per heavy atom. The average Bonchev–Trinajstić information content (AvgIpc) is 4.14. The van der Waals surface area contributed by atoms with Gasteiger partial charge in [0.1, 0.15) is 5.78 Å². The second kappa shape index (κ2) is 22.6. The number of hydrogen-bond donors (Lipinski definition) is 0. The quantitative estimate of drug-likeness (QED) is 0.0908. The zero-order valence-corrected chi connectivity index (χ0v) is 37.1. The Labute approximate surface area is 388 Å². The molecule has 2 atom stereocenters. The molecule has 322 valence electrons. The maximum Gasteiger partial charge on any atom is 0.210 e. The zero-order valence-electron chi connectivity index (χ0n) is 37.1. The van der Waals surface area contributed by atoms with Gasteiger partial charge in [-0.15, -0.1) is 0 Å². The second-order valence-corrected chi connectivity index (χ2v) is 16.9. The van der Waals surface area contributed by atoms with Gasteiger partial charge in [-0.2, -0.15) is 0 Å². The summed E-state index contributed by atoms with van der Waals surface area (Å²) in [6, 6.07) is 73.5. The van der Waals surface area contributed by atoms with Crippen molar-refractivity contribution >= 4 is 49.7 Å². The van der Waals surface area contributed by atoms with Crippen LogP contribution in [0.4, 0.5) is 0 Å². The summed E-state index contributed by atoms with van der Waals surface area (Å²) in [6.07, 6.45) is 7.91. The van der Waals surface area contributed by atoms with E-state index in [-0.39, 0.29) is 17.5 Å². The lowest BCUT2D eigenvalue weighted by atomic mass is 10.00. The van der Waals surface area contributed by atoms with E-state index < -0.39 is 0 Å². The van der Waals surface area contributed by atoms with E-state index in [1.165, 1.54) is 38.1 Å². The maximum atomic E-state index is 12.5. The van der Waals surface area contributed by atoms with E-state index in [0.29, 0.717) is 31.0 Å². The minimum absolute atomic E-state index is 0.0610. The number of carbonyl (C=O) groups excluding carboxylic acids is 3. The fourth-order valence-electron chi connectivity index (χ4n) is 8.26. The third-order valence-corrected chi connectivity index (χ3v) is 11.9. The Hall–Kier alpha value is -7.93. The molecule has 0 aliphatic heterocycles. The number of carbonyl (C=O) groups is 3. The van der Waals surface area contributed by atoms with Crippen molar-refractivity contribution in [2.75, 3.05) is 0 Å². The molecule has 0 amide bonds. The number of hydrogen-bond acceptors (Lipinski definition) is 3. The largest absolute Gasteiger partial charge is 0.299 e. The van der Waals surface area contributed by atoms with E-state index in [1.807, 2.05) is 115 Å². The maximum absolute atomic E-state index is 12.5. The first-order valence-electron chi connectivity index (χ1n) is 22.7. The van der Waals surface area contributed by atoms with Crippen LogP contribution in [-0.2, 0) is 46.5 Å². The predicted octanol–water partition coefficient (Wildman–Crippen LogP) is 13.6. The van der Waals surface area contributed by atoms with Crippen LogP contribution in [0.3, 0.4) is 0 Å². The summed E-state index contributed by atoms with van der Waals surface area (Å²) in [7, 11) is 0. The van der Waals surface area contributed by atoms with E-state index in [1.54, 1.807) is 6.08 Å². The van der Waals surface area contributed by atoms with Crippen LogP contribution in [0.25, 0.3) is 32.3 Å². The van der Waals surface area contributed by atoms with Gasteiger partial charge in [0, 0.05) is 30.7 Å². The molecule has 2 unspecified atom stereocenters. The van der Waals surface area contributed by atoms with E-state index >= 15 is 0 Å². The zero-order chi connectivity index (χ0) is 45.3. The van der Waals surface area contributed by atoms with Crippen LogP contribution in [0.5, 0.6) is 0 Å². The summed E-state index contributed by atoms with van der Waals surface area (Å²) in [5.41, 5.74) is 6.63. The van der Waals surface area contributed by atoms with Crippen molar-refractivity contribution in [2.24, 2.45) is 11.8 Å². The first-order chi connectivity index (χ1) is 32.4. The van der Waals surface area contributed by atoms with Crippen LogP contribution in [0.2, 0.25) is 0 Å². The monoisotopic (exact) mass is 856 g/mol. The van der Waals surface area contributed by atoms with Crippen LogP contribution >= 0.6 is 0 Å². The molecule has 0 aromatic heterocycles. The van der Waals surface area contributed by atoms with Crippen molar-refractivity contribution in [1.82, 2.24) is 0 Å². The highest BCUT2D eigenvalue weighted by Gasteiger charge is 2.41. The molecule has 1 fully saturated rings. The highest BCUT2D eigenvalue weighted by molar-refractivity contribution is 5.98. The number of rotatable bonds is 12. The van der Waals surface area contributed by atoms with Crippen LogP contribution in [-0.4, -0.2) is 17.3 Å². The highest BCUT2D eigenvalue weighted by atomic mass is 16.1. The molecule has 0 radical (unpaired) electrons. The van der Waals surface area contributed by atoms with Gasteiger partial charge in [-0.1, -0.05) is 218 Å².